The van der Waals surface area contributed by atoms with Crippen molar-refractivity contribution in [2.75, 3.05) is 55.6 Å². The first-order valence-electron chi connectivity index (χ1n) is 25.5. The minimum atomic E-state index is -2.66. The number of nitriles is 1. The first-order valence-corrected chi connectivity index (χ1v) is 25.8. The Kier molecular flexibility index (Phi) is 13.0. The van der Waals surface area contributed by atoms with Crippen LogP contribution in [0.2, 0.25) is 5.02 Å². The minimum absolute atomic E-state index is 0.00950. The zero-order valence-corrected chi connectivity index (χ0v) is 41.3. The van der Waals surface area contributed by atoms with Gasteiger partial charge < -0.3 is 29.7 Å². The number of piperidine rings is 2. The zero-order valence-electron chi connectivity index (χ0n) is 40.5. The molecule has 1 atom stereocenters. The van der Waals surface area contributed by atoms with Crippen molar-refractivity contribution < 1.29 is 23.1 Å². The second-order valence-corrected chi connectivity index (χ2v) is 21.2. The van der Waals surface area contributed by atoms with Gasteiger partial charge in [-0.1, -0.05) is 11.6 Å². The Balaban J connectivity index is 0.703. The summed E-state index contributed by atoms with van der Waals surface area (Å²) < 4.78 is 39.6. The molecule has 18 heteroatoms. The number of anilines is 3. The summed E-state index contributed by atoms with van der Waals surface area (Å²) in [6.07, 6.45) is 11.7. The molecular weight excluding hydrogens is 926 g/mol. The number of ether oxygens (including phenoxy) is 1. The topological polar surface area (TPSA) is 154 Å². The van der Waals surface area contributed by atoms with Gasteiger partial charge in [0.2, 0.25) is 5.91 Å². The fourth-order valence-electron chi connectivity index (χ4n) is 12.2. The van der Waals surface area contributed by atoms with Gasteiger partial charge in [-0.15, -0.1) is 10.2 Å². The second-order valence-electron chi connectivity index (χ2n) is 20.8. The molecule has 71 heavy (non-hydrogen) atoms. The number of alkyl halides is 2. The molecule has 2 aromatic carbocycles. The van der Waals surface area contributed by atoms with Crippen molar-refractivity contribution in [1.29, 1.82) is 5.26 Å². The summed E-state index contributed by atoms with van der Waals surface area (Å²) in [7, 11) is 1.79. The van der Waals surface area contributed by atoms with Crippen LogP contribution in [0.3, 0.4) is 0 Å². The number of nitrogens with one attached hydrogen (secondary N) is 1. The van der Waals surface area contributed by atoms with Crippen LogP contribution in [0.25, 0.3) is 11.1 Å². The maximum Gasteiger partial charge on any atom is 0.272 e. The van der Waals surface area contributed by atoms with Gasteiger partial charge in [-0.25, -0.2) is 8.78 Å². The van der Waals surface area contributed by atoms with Crippen LogP contribution < -0.4 is 19.9 Å². The molecule has 0 bridgehead atoms. The lowest BCUT2D eigenvalue weighted by molar-refractivity contribution is -0.129. The monoisotopic (exact) mass is 986 g/mol. The number of hydrogen-bond donors (Lipinski definition) is 1. The third-order valence-corrected chi connectivity index (χ3v) is 16.7. The van der Waals surface area contributed by atoms with Crippen molar-refractivity contribution in [3.8, 4) is 22.9 Å². The number of fused-ring (bicyclic) bond motifs is 2. The SMILES string of the molecule is CC(=O)N1CCc2c(c(N3CCCc4cc(-c5cnn(C)c5)c(C(F)F)cc43)nn2C2CCN(CC3CCN(c4ccc(C(=O)NC5CCC(Oc6ccc(C#N)c(Cl)c6)CC5)nn4)CC34CC4)CC2)C1. The van der Waals surface area contributed by atoms with Crippen LogP contribution in [0, 0.1) is 22.7 Å². The quantitative estimate of drug-likeness (QED) is 0.135. The third kappa shape index (κ3) is 9.57. The summed E-state index contributed by atoms with van der Waals surface area (Å²) in [5.74, 6) is 2.66. The lowest BCUT2D eigenvalue weighted by Gasteiger charge is -2.43. The van der Waals surface area contributed by atoms with Crippen LogP contribution in [0.1, 0.15) is 122 Å². The average Bonchev–Trinajstić information content (AvgIpc) is 3.83. The molecule has 2 saturated heterocycles. The van der Waals surface area contributed by atoms with E-state index in [1.54, 1.807) is 61.4 Å². The largest absolute Gasteiger partial charge is 0.490 e. The number of amides is 2. The molecule has 3 aromatic heterocycles. The number of halogens is 3. The molecule has 1 spiro atoms. The highest BCUT2D eigenvalue weighted by molar-refractivity contribution is 6.31. The van der Waals surface area contributed by atoms with Gasteiger partial charge in [-0.05, 0) is 129 Å². The lowest BCUT2D eigenvalue weighted by atomic mass is 9.81. The molecule has 1 unspecified atom stereocenters. The molecule has 2 amide bonds. The first-order chi connectivity index (χ1) is 34.4. The number of carbonyl (C=O) groups excluding carboxylic acids is 2. The summed E-state index contributed by atoms with van der Waals surface area (Å²) in [4.78, 5) is 35.0. The highest BCUT2D eigenvalue weighted by Crippen LogP contribution is 2.56. The summed E-state index contributed by atoms with van der Waals surface area (Å²) in [5.41, 5.74) is 6.19. The summed E-state index contributed by atoms with van der Waals surface area (Å²) in [5, 5.41) is 31.3. The molecule has 7 heterocycles. The average molecular weight is 988 g/mol. The molecule has 372 valence electrons. The smallest absolute Gasteiger partial charge is 0.272 e. The molecule has 2 saturated carbocycles. The van der Waals surface area contributed by atoms with E-state index in [1.807, 2.05) is 17.0 Å². The number of nitrogens with zero attached hydrogens (tertiary/aromatic N) is 11. The molecule has 15 nitrogen and oxygen atoms in total. The summed E-state index contributed by atoms with van der Waals surface area (Å²) in [6.45, 7) is 8.24. The van der Waals surface area contributed by atoms with Gasteiger partial charge in [-0.2, -0.15) is 15.5 Å². The molecule has 5 aromatic rings. The van der Waals surface area contributed by atoms with Crippen LogP contribution in [0.5, 0.6) is 5.75 Å². The van der Waals surface area contributed by atoms with Crippen LogP contribution in [0.15, 0.2) is 54.9 Å². The van der Waals surface area contributed by atoms with Crippen molar-refractivity contribution in [3.05, 3.63) is 93.5 Å². The number of aryl methyl sites for hydroxylation is 2. The zero-order chi connectivity index (χ0) is 49.0. The Morgan fingerprint density at radius 3 is 2.48 bits per heavy atom. The van der Waals surface area contributed by atoms with E-state index >= 15 is 0 Å². The molecule has 2 aliphatic carbocycles. The van der Waals surface area contributed by atoms with Crippen LogP contribution in [-0.2, 0) is 31.2 Å². The highest BCUT2D eigenvalue weighted by atomic mass is 35.5. The normalized spacial score (nSPS) is 22.3. The van der Waals surface area contributed by atoms with Crippen molar-refractivity contribution >= 4 is 40.7 Å². The maximum atomic E-state index is 14.8. The molecule has 1 N–H and O–H groups in total. The van der Waals surface area contributed by atoms with Gasteiger partial charge in [0, 0.05) is 113 Å². The summed E-state index contributed by atoms with van der Waals surface area (Å²) >= 11 is 6.19. The number of aromatic nitrogens is 6. The number of likely N-dealkylation sites (tertiary alicyclic amines) is 1. The Morgan fingerprint density at radius 1 is 0.972 bits per heavy atom. The van der Waals surface area contributed by atoms with Crippen molar-refractivity contribution in [3.63, 3.8) is 0 Å². The van der Waals surface area contributed by atoms with Crippen LogP contribution in [-0.4, -0.2) is 109 Å². The summed E-state index contributed by atoms with van der Waals surface area (Å²) in [6, 6.07) is 14.8. The Bertz CT molecular complexity index is 2840. The van der Waals surface area contributed by atoms with Gasteiger partial charge in [0.1, 0.15) is 11.8 Å². The van der Waals surface area contributed by atoms with E-state index in [9.17, 15) is 18.4 Å². The van der Waals surface area contributed by atoms with E-state index in [4.69, 9.17) is 26.7 Å². The van der Waals surface area contributed by atoms with Gasteiger partial charge in [0.25, 0.3) is 12.3 Å². The van der Waals surface area contributed by atoms with E-state index in [2.05, 4.69) is 46.1 Å². The second kappa shape index (κ2) is 19.5. The van der Waals surface area contributed by atoms with E-state index in [1.165, 1.54) is 18.5 Å². The fraction of sp³-hybridized carbons (Fsp3) is 0.528. The van der Waals surface area contributed by atoms with E-state index in [0.29, 0.717) is 65.1 Å². The highest BCUT2D eigenvalue weighted by Gasteiger charge is 2.53. The molecule has 0 radical (unpaired) electrons. The molecule has 4 aliphatic heterocycles. The van der Waals surface area contributed by atoms with Gasteiger partial charge >= 0.3 is 0 Å². The van der Waals surface area contributed by atoms with E-state index in [-0.39, 0.29) is 41.0 Å². The Labute approximate surface area is 418 Å². The predicted octanol–water partition coefficient (Wildman–Crippen LogP) is 8.59. The van der Waals surface area contributed by atoms with Gasteiger partial charge in [-0.3, -0.25) is 19.0 Å². The maximum absolute atomic E-state index is 14.8. The number of carbonyl (C=O) groups is 2. The number of rotatable bonds is 11. The molecule has 11 rings (SSSR count). The Morgan fingerprint density at radius 2 is 1.79 bits per heavy atom. The lowest BCUT2D eigenvalue weighted by Crippen LogP contribution is -2.48. The number of hydrogen-bond acceptors (Lipinski definition) is 11. The van der Waals surface area contributed by atoms with E-state index < -0.39 is 6.43 Å². The molecule has 4 fully saturated rings. The number of benzene rings is 2. The van der Waals surface area contributed by atoms with Crippen molar-refractivity contribution in [2.45, 2.75) is 115 Å². The third-order valence-electron chi connectivity index (χ3n) is 16.4. The van der Waals surface area contributed by atoms with Crippen molar-refractivity contribution in [1.82, 2.24) is 44.9 Å². The standard InChI is InChI=1S/C53H61ClF2N12O3/c1-33(69)65-23-16-47-44(31-65)51(67-19-3-4-34-24-42(36-28-58-63(2)29-36)43(50(55)56)26-48(34)67)62-68(47)39-14-20-64(21-15-39)30-37-13-22-66(32-53(37)17-18-53)49-12-11-46(60-61-49)52(70)59-38-6-9-40(10-7-38)71-41-8-5-35(27-57)45(54)25-41/h5,8,11-12,24-26,28-29,37-40,50H,3-4,6-7,9-10,13-23,30-32H2,1-2H3,(H,59,70). The van der Waals surface area contributed by atoms with Crippen LogP contribution in [0.4, 0.5) is 26.1 Å². The van der Waals surface area contributed by atoms with Gasteiger partial charge in [0.15, 0.2) is 17.3 Å². The molecule has 6 aliphatic rings. The first kappa shape index (κ1) is 47.2. The minimum Gasteiger partial charge on any atom is -0.490 e. The predicted molar refractivity (Wildman–Crippen MR) is 265 cm³/mol. The Hall–Kier alpha value is -6.12. The molecular formula is C53H61ClF2N12O3. The van der Waals surface area contributed by atoms with Crippen LogP contribution >= 0.6 is 11.6 Å². The fourth-order valence-corrected chi connectivity index (χ4v) is 12.4. The van der Waals surface area contributed by atoms with E-state index in [0.717, 1.165) is 119 Å². The van der Waals surface area contributed by atoms with Gasteiger partial charge in [0.05, 0.1) is 35.5 Å². The van der Waals surface area contributed by atoms with Crippen molar-refractivity contribution in [2.24, 2.45) is 18.4 Å².